The van der Waals surface area contributed by atoms with Gasteiger partial charge in [-0.1, -0.05) is 0 Å². The van der Waals surface area contributed by atoms with Crippen LogP contribution in [0.3, 0.4) is 0 Å². The topological polar surface area (TPSA) is 84.6 Å². The van der Waals surface area contributed by atoms with E-state index in [0.717, 1.165) is 25.3 Å². The van der Waals surface area contributed by atoms with E-state index in [-0.39, 0.29) is 12.5 Å². The van der Waals surface area contributed by atoms with E-state index in [1.165, 1.54) is 13.4 Å². The Kier molecular flexibility index (Phi) is 4.19. The summed E-state index contributed by atoms with van der Waals surface area (Å²) in [6, 6.07) is 0. The first-order valence-electron chi connectivity index (χ1n) is 7.29. The minimum absolute atomic E-state index is 0.0227. The van der Waals surface area contributed by atoms with Crippen LogP contribution < -0.4 is 4.90 Å². The molecule has 1 aliphatic heterocycles. The van der Waals surface area contributed by atoms with Gasteiger partial charge in [-0.3, -0.25) is 4.79 Å². The van der Waals surface area contributed by atoms with Crippen LogP contribution in [0.5, 0.6) is 0 Å². The van der Waals surface area contributed by atoms with Crippen LogP contribution in [-0.4, -0.2) is 65.7 Å². The lowest BCUT2D eigenvalue weighted by Crippen LogP contribution is -2.37. The minimum Gasteiger partial charge on any atom is -0.422 e. The van der Waals surface area contributed by atoms with Crippen molar-refractivity contribution in [3.8, 4) is 0 Å². The second-order valence-corrected chi connectivity index (χ2v) is 5.24. The Balaban J connectivity index is 1.79. The fraction of sp³-hybridized carbons (Fsp3) is 0.571. The molecular weight excluding hydrogens is 286 g/mol. The molecular formula is C14H19N5O3. The quantitative estimate of drug-likeness (QED) is 0.821. The van der Waals surface area contributed by atoms with E-state index in [1.807, 2.05) is 4.90 Å². The maximum absolute atomic E-state index is 11.9. The smallest absolute Gasteiger partial charge is 0.252 e. The van der Waals surface area contributed by atoms with Gasteiger partial charge in [0.25, 0.3) is 5.71 Å². The predicted molar refractivity (Wildman–Crippen MR) is 79.6 cm³/mol. The summed E-state index contributed by atoms with van der Waals surface area (Å²) in [6.07, 6.45) is 2.36. The van der Waals surface area contributed by atoms with E-state index in [2.05, 4.69) is 19.9 Å². The van der Waals surface area contributed by atoms with Gasteiger partial charge in [-0.2, -0.15) is 4.98 Å². The Bertz CT molecular complexity index is 672. The Morgan fingerprint density at radius 1 is 1.32 bits per heavy atom. The fourth-order valence-electron chi connectivity index (χ4n) is 2.67. The average Bonchev–Trinajstić information content (AvgIpc) is 2.72. The summed E-state index contributed by atoms with van der Waals surface area (Å²) in [5.41, 5.74) is 1.18. The highest BCUT2D eigenvalue weighted by Crippen LogP contribution is 2.23. The van der Waals surface area contributed by atoms with Crippen molar-refractivity contribution in [2.45, 2.75) is 13.3 Å². The van der Waals surface area contributed by atoms with Crippen molar-refractivity contribution in [3.05, 3.63) is 12.2 Å². The average molecular weight is 305 g/mol. The van der Waals surface area contributed by atoms with E-state index >= 15 is 0 Å². The van der Waals surface area contributed by atoms with Crippen LogP contribution >= 0.6 is 0 Å². The molecule has 0 bridgehead atoms. The zero-order valence-electron chi connectivity index (χ0n) is 12.8. The molecule has 2 aromatic rings. The molecule has 1 aliphatic rings. The normalized spacial score (nSPS) is 16.1. The summed E-state index contributed by atoms with van der Waals surface area (Å²) in [6.45, 7) is 4.80. The van der Waals surface area contributed by atoms with Gasteiger partial charge in [0.05, 0.1) is 0 Å². The first-order chi connectivity index (χ1) is 10.7. The maximum Gasteiger partial charge on any atom is 0.252 e. The third-order valence-electron chi connectivity index (χ3n) is 3.70. The van der Waals surface area contributed by atoms with Crippen molar-refractivity contribution in [1.82, 2.24) is 19.9 Å². The summed E-state index contributed by atoms with van der Waals surface area (Å²) < 4.78 is 10.4. The number of rotatable bonds is 3. The lowest BCUT2D eigenvalue weighted by atomic mass is 10.3. The van der Waals surface area contributed by atoms with E-state index < -0.39 is 0 Å². The number of carbonyl (C=O) groups is 1. The molecule has 0 saturated carbocycles. The van der Waals surface area contributed by atoms with Crippen LogP contribution in [0, 0.1) is 6.92 Å². The summed E-state index contributed by atoms with van der Waals surface area (Å²) in [4.78, 5) is 28.7. The van der Waals surface area contributed by atoms with Crippen molar-refractivity contribution < 1.29 is 13.9 Å². The highest BCUT2D eigenvalue weighted by atomic mass is 16.5. The van der Waals surface area contributed by atoms with Gasteiger partial charge in [0.1, 0.15) is 12.9 Å². The van der Waals surface area contributed by atoms with Crippen molar-refractivity contribution in [1.29, 1.82) is 0 Å². The molecule has 0 unspecified atom stereocenters. The standard InChI is InChI=1S/C14H19N5O3/c1-10-17-12-13(15-9-16-14(12)22-10)19-5-3-4-18(6-7-19)11(20)8-21-2/h9H,3-8H2,1-2H3. The molecule has 1 amide bonds. The van der Waals surface area contributed by atoms with Gasteiger partial charge in [0, 0.05) is 40.2 Å². The number of ether oxygens (including phenoxy) is 1. The number of aryl methyl sites for hydroxylation is 1. The van der Waals surface area contributed by atoms with Crippen LogP contribution in [0.2, 0.25) is 0 Å². The zero-order valence-corrected chi connectivity index (χ0v) is 12.8. The fourth-order valence-corrected chi connectivity index (χ4v) is 2.67. The van der Waals surface area contributed by atoms with Gasteiger partial charge in [-0.25, -0.2) is 9.97 Å². The predicted octanol–water partition coefficient (Wildman–Crippen LogP) is 0.611. The van der Waals surface area contributed by atoms with Gasteiger partial charge < -0.3 is 19.0 Å². The number of nitrogens with zero attached hydrogens (tertiary/aromatic N) is 5. The molecule has 118 valence electrons. The number of oxazole rings is 1. The molecule has 0 aliphatic carbocycles. The minimum atomic E-state index is 0.0227. The van der Waals surface area contributed by atoms with Gasteiger partial charge in [-0.05, 0) is 6.42 Å². The van der Waals surface area contributed by atoms with Crippen LogP contribution in [0.1, 0.15) is 12.3 Å². The highest BCUT2D eigenvalue weighted by molar-refractivity contribution is 5.82. The van der Waals surface area contributed by atoms with Crippen molar-refractivity contribution >= 4 is 23.0 Å². The lowest BCUT2D eigenvalue weighted by molar-refractivity contribution is -0.134. The molecule has 22 heavy (non-hydrogen) atoms. The van der Waals surface area contributed by atoms with E-state index in [1.54, 1.807) is 6.92 Å². The van der Waals surface area contributed by atoms with Crippen LogP contribution in [0.4, 0.5) is 5.82 Å². The highest BCUT2D eigenvalue weighted by Gasteiger charge is 2.22. The second kappa shape index (κ2) is 6.27. The van der Waals surface area contributed by atoms with Gasteiger partial charge >= 0.3 is 0 Å². The summed E-state index contributed by atoms with van der Waals surface area (Å²) in [7, 11) is 1.53. The Labute approximate surface area is 128 Å². The van der Waals surface area contributed by atoms with Crippen LogP contribution in [-0.2, 0) is 9.53 Å². The third-order valence-corrected chi connectivity index (χ3v) is 3.70. The molecule has 1 fully saturated rings. The number of aromatic nitrogens is 3. The molecule has 0 N–H and O–H groups in total. The molecule has 0 spiro atoms. The number of anilines is 1. The van der Waals surface area contributed by atoms with E-state index in [0.29, 0.717) is 30.2 Å². The monoisotopic (exact) mass is 305 g/mol. The summed E-state index contributed by atoms with van der Waals surface area (Å²) in [5.74, 6) is 1.36. The molecule has 0 aromatic carbocycles. The molecule has 1 saturated heterocycles. The molecule has 3 rings (SSSR count). The Morgan fingerprint density at radius 2 is 2.18 bits per heavy atom. The number of fused-ring (bicyclic) bond motifs is 1. The third kappa shape index (κ3) is 2.87. The molecule has 8 heteroatoms. The maximum atomic E-state index is 11.9. The molecule has 2 aromatic heterocycles. The second-order valence-electron chi connectivity index (χ2n) is 5.24. The van der Waals surface area contributed by atoms with Crippen LogP contribution in [0.15, 0.2) is 10.7 Å². The summed E-state index contributed by atoms with van der Waals surface area (Å²) >= 11 is 0. The van der Waals surface area contributed by atoms with Crippen LogP contribution in [0.25, 0.3) is 11.2 Å². The van der Waals surface area contributed by atoms with Gasteiger partial charge in [-0.15, -0.1) is 0 Å². The molecule has 3 heterocycles. The van der Waals surface area contributed by atoms with E-state index in [4.69, 9.17) is 9.15 Å². The molecule has 0 radical (unpaired) electrons. The van der Waals surface area contributed by atoms with Crippen molar-refractivity contribution in [2.24, 2.45) is 0 Å². The number of methoxy groups -OCH3 is 1. The molecule has 0 atom stereocenters. The van der Waals surface area contributed by atoms with Crippen molar-refractivity contribution in [2.75, 3.05) is 44.8 Å². The number of carbonyl (C=O) groups excluding carboxylic acids is 1. The molecule has 8 nitrogen and oxygen atoms in total. The van der Waals surface area contributed by atoms with Gasteiger partial charge in [0.15, 0.2) is 17.2 Å². The van der Waals surface area contributed by atoms with Gasteiger partial charge in [0.2, 0.25) is 5.91 Å². The van der Waals surface area contributed by atoms with Crippen molar-refractivity contribution in [3.63, 3.8) is 0 Å². The largest absolute Gasteiger partial charge is 0.422 e. The SMILES string of the molecule is COCC(=O)N1CCCN(c2ncnc3oc(C)nc23)CC1. The zero-order chi connectivity index (χ0) is 15.5. The Hall–Kier alpha value is -2.22. The number of amides is 1. The number of hydrogen-bond donors (Lipinski definition) is 0. The number of hydrogen-bond acceptors (Lipinski definition) is 7. The Morgan fingerprint density at radius 3 is 3.00 bits per heavy atom. The first-order valence-corrected chi connectivity index (χ1v) is 7.29. The van der Waals surface area contributed by atoms with E-state index in [9.17, 15) is 4.79 Å². The first kappa shape index (κ1) is 14.7. The summed E-state index contributed by atoms with van der Waals surface area (Å²) in [5, 5.41) is 0. The lowest BCUT2D eigenvalue weighted by Gasteiger charge is -2.22.